The first kappa shape index (κ1) is 17.6. The van der Waals surface area contributed by atoms with Crippen LogP contribution in [-0.4, -0.2) is 60.9 Å². The molecule has 30 heavy (non-hydrogen) atoms. The lowest BCUT2D eigenvalue weighted by Gasteiger charge is -2.69. The standard InChI is InChI=1S/C24H28N2O4/c1-28-16-6-5-15-11-18-22-7-8-24(29-2,17(12-22)25-27)21-23(22,19(15)20(16)30-21)9-10-26(18)13-14-3-4-14/h5-8,14,18,21,27H,3-4,9-13H2,1-2H3/t18-,21-,22-,23+,24-/m1/s1. The van der Waals surface area contributed by atoms with Gasteiger partial charge >= 0.3 is 0 Å². The summed E-state index contributed by atoms with van der Waals surface area (Å²) in [5.74, 6) is 2.52. The van der Waals surface area contributed by atoms with E-state index in [2.05, 4.69) is 34.3 Å². The van der Waals surface area contributed by atoms with E-state index in [0.717, 1.165) is 43.2 Å². The summed E-state index contributed by atoms with van der Waals surface area (Å²) in [6.45, 7) is 2.26. The Morgan fingerprint density at radius 3 is 2.87 bits per heavy atom. The van der Waals surface area contributed by atoms with Crippen molar-refractivity contribution in [3.05, 3.63) is 35.4 Å². The molecular weight excluding hydrogens is 380 g/mol. The van der Waals surface area contributed by atoms with Gasteiger partial charge in [-0.05, 0) is 55.9 Å². The van der Waals surface area contributed by atoms with Crippen LogP contribution in [0, 0.1) is 11.3 Å². The Bertz CT molecular complexity index is 1020. The third kappa shape index (κ3) is 1.68. The smallest absolute Gasteiger partial charge is 0.166 e. The molecule has 2 heterocycles. The van der Waals surface area contributed by atoms with Crippen molar-refractivity contribution >= 4 is 5.71 Å². The number of likely N-dealkylation sites (tertiary alicyclic amines) is 1. The lowest BCUT2D eigenvalue weighted by atomic mass is 9.38. The van der Waals surface area contributed by atoms with Gasteiger partial charge in [0.25, 0.3) is 0 Å². The van der Waals surface area contributed by atoms with Crippen molar-refractivity contribution in [2.24, 2.45) is 16.5 Å². The third-order valence-electron chi connectivity index (χ3n) is 9.21. The molecule has 5 atom stereocenters. The molecule has 0 radical (unpaired) electrons. The molecule has 2 aliphatic heterocycles. The summed E-state index contributed by atoms with van der Waals surface area (Å²) in [6, 6.07) is 4.68. The van der Waals surface area contributed by atoms with Crippen LogP contribution < -0.4 is 9.47 Å². The molecule has 8 rings (SSSR count). The maximum Gasteiger partial charge on any atom is 0.166 e. The zero-order valence-electron chi connectivity index (χ0n) is 17.6. The molecule has 158 valence electrons. The molecule has 5 aliphatic carbocycles. The number of piperidine rings is 1. The van der Waals surface area contributed by atoms with E-state index in [9.17, 15) is 5.21 Å². The van der Waals surface area contributed by atoms with Crippen LogP contribution in [0.25, 0.3) is 0 Å². The van der Waals surface area contributed by atoms with Crippen LogP contribution in [0.3, 0.4) is 0 Å². The molecule has 4 bridgehead atoms. The van der Waals surface area contributed by atoms with Gasteiger partial charge in [-0.15, -0.1) is 0 Å². The van der Waals surface area contributed by atoms with Gasteiger partial charge in [0.15, 0.2) is 17.1 Å². The molecule has 3 fully saturated rings. The van der Waals surface area contributed by atoms with Crippen molar-refractivity contribution in [3.63, 3.8) is 0 Å². The molecular formula is C24H28N2O4. The van der Waals surface area contributed by atoms with E-state index < -0.39 is 5.60 Å². The minimum absolute atomic E-state index is 0.142. The average Bonchev–Trinajstić information content (AvgIpc) is 3.52. The zero-order chi connectivity index (χ0) is 20.3. The lowest BCUT2D eigenvalue weighted by molar-refractivity contribution is -0.144. The van der Waals surface area contributed by atoms with Crippen LogP contribution in [0.15, 0.2) is 29.4 Å². The van der Waals surface area contributed by atoms with Crippen molar-refractivity contribution in [3.8, 4) is 11.5 Å². The van der Waals surface area contributed by atoms with E-state index >= 15 is 0 Å². The second-order valence-corrected chi connectivity index (χ2v) is 10.1. The van der Waals surface area contributed by atoms with E-state index in [4.69, 9.17) is 14.2 Å². The highest BCUT2D eigenvalue weighted by Crippen LogP contribution is 2.73. The largest absolute Gasteiger partial charge is 0.493 e. The monoisotopic (exact) mass is 408 g/mol. The first-order valence-electron chi connectivity index (χ1n) is 11.2. The van der Waals surface area contributed by atoms with Crippen LogP contribution in [0.2, 0.25) is 0 Å². The Labute approximate surface area is 176 Å². The number of rotatable bonds is 4. The maximum absolute atomic E-state index is 10.0. The highest BCUT2D eigenvalue weighted by atomic mass is 16.6. The van der Waals surface area contributed by atoms with Crippen LogP contribution >= 0.6 is 0 Å². The number of ether oxygens (including phenoxy) is 3. The predicted molar refractivity (Wildman–Crippen MR) is 111 cm³/mol. The molecule has 1 saturated heterocycles. The van der Waals surface area contributed by atoms with Gasteiger partial charge in [-0.1, -0.05) is 17.3 Å². The van der Waals surface area contributed by atoms with Crippen molar-refractivity contribution < 1.29 is 19.4 Å². The van der Waals surface area contributed by atoms with E-state index in [-0.39, 0.29) is 16.9 Å². The summed E-state index contributed by atoms with van der Waals surface area (Å²) in [5.41, 5.74) is 2.27. The second kappa shape index (κ2) is 5.40. The first-order valence-corrected chi connectivity index (χ1v) is 11.2. The van der Waals surface area contributed by atoms with Gasteiger partial charge in [0.1, 0.15) is 6.10 Å². The number of oxime groups is 1. The van der Waals surface area contributed by atoms with Crippen LogP contribution in [-0.2, 0) is 16.6 Å². The summed E-state index contributed by atoms with van der Waals surface area (Å²) in [5, 5.41) is 13.8. The normalized spacial score (nSPS) is 43.6. The fraction of sp³-hybridized carbons (Fsp3) is 0.625. The molecule has 7 aliphatic rings. The minimum Gasteiger partial charge on any atom is -0.493 e. The quantitative estimate of drug-likeness (QED) is 0.472. The van der Waals surface area contributed by atoms with Crippen molar-refractivity contribution in [2.75, 3.05) is 27.3 Å². The Hall–Kier alpha value is -2.05. The van der Waals surface area contributed by atoms with E-state index in [1.807, 2.05) is 0 Å². The van der Waals surface area contributed by atoms with Crippen molar-refractivity contribution in [1.82, 2.24) is 4.90 Å². The van der Waals surface area contributed by atoms with E-state index in [0.29, 0.717) is 11.8 Å². The number of benzene rings is 1. The molecule has 0 aromatic heterocycles. The van der Waals surface area contributed by atoms with Gasteiger partial charge in [0, 0.05) is 37.1 Å². The summed E-state index contributed by atoms with van der Waals surface area (Å²) >= 11 is 0. The fourth-order valence-electron chi connectivity index (χ4n) is 7.80. The number of methoxy groups -OCH3 is 2. The fourth-order valence-corrected chi connectivity index (χ4v) is 7.80. The number of hydrogen-bond donors (Lipinski definition) is 1. The van der Waals surface area contributed by atoms with Gasteiger partial charge in [-0.2, -0.15) is 0 Å². The molecule has 0 amide bonds. The highest BCUT2D eigenvalue weighted by Gasteiger charge is 2.79. The Balaban J connectivity index is 1.52. The molecule has 6 nitrogen and oxygen atoms in total. The topological polar surface area (TPSA) is 63.5 Å². The summed E-state index contributed by atoms with van der Waals surface area (Å²) in [4.78, 5) is 2.73. The average molecular weight is 408 g/mol. The number of nitrogens with zero attached hydrogens (tertiary/aromatic N) is 2. The highest BCUT2D eigenvalue weighted by molar-refractivity contribution is 6.00. The minimum atomic E-state index is -0.835. The Morgan fingerprint density at radius 2 is 2.13 bits per heavy atom. The van der Waals surface area contributed by atoms with Crippen LogP contribution in [0.1, 0.15) is 36.8 Å². The van der Waals surface area contributed by atoms with Crippen molar-refractivity contribution in [1.29, 1.82) is 0 Å². The predicted octanol–water partition coefficient (Wildman–Crippen LogP) is 2.91. The lowest BCUT2D eigenvalue weighted by Crippen LogP contribution is -2.79. The van der Waals surface area contributed by atoms with Gasteiger partial charge < -0.3 is 19.4 Å². The number of fused-ring (bicyclic) bond motifs is 1. The molecule has 1 aromatic rings. The Morgan fingerprint density at radius 1 is 1.27 bits per heavy atom. The number of hydrogen-bond acceptors (Lipinski definition) is 6. The third-order valence-corrected chi connectivity index (χ3v) is 9.21. The van der Waals surface area contributed by atoms with Gasteiger partial charge in [0.05, 0.1) is 18.2 Å². The first-order chi connectivity index (χ1) is 14.6. The summed E-state index contributed by atoms with van der Waals surface area (Å²) in [6.07, 6.45) is 9.76. The van der Waals surface area contributed by atoms with Gasteiger partial charge in [0.2, 0.25) is 0 Å². The van der Waals surface area contributed by atoms with Crippen LogP contribution in [0.5, 0.6) is 11.5 Å². The van der Waals surface area contributed by atoms with Crippen LogP contribution in [0.4, 0.5) is 0 Å². The molecule has 0 unspecified atom stereocenters. The maximum atomic E-state index is 10.0. The molecule has 6 heteroatoms. The van der Waals surface area contributed by atoms with Gasteiger partial charge in [-0.3, -0.25) is 4.90 Å². The van der Waals surface area contributed by atoms with E-state index in [1.54, 1.807) is 14.2 Å². The Kier molecular flexibility index (Phi) is 3.17. The summed E-state index contributed by atoms with van der Waals surface area (Å²) < 4.78 is 18.6. The zero-order valence-corrected chi connectivity index (χ0v) is 17.6. The molecule has 1 aromatic carbocycles. The SMILES string of the molecule is COc1ccc2c3c1O[C@@H]1[C@]34CCN(CC3CC3)[C@H](C2)[C@]42C=C[C@@]1(OC)C(=NO)C2. The molecule has 2 spiro atoms. The molecule has 2 saturated carbocycles. The van der Waals surface area contributed by atoms with Crippen molar-refractivity contribution in [2.45, 2.75) is 55.3 Å². The molecule has 1 N–H and O–H groups in total. The summed E-state index contributed by atoms with van der Waals surface area (Å²) in [7, 11) is 3.41. The van der Waals surface area contributed by atoms with Gasteiger partial charge in [-0.25, -0.2) is 0 Å². The second-order valence-electron chi connectivity index (χ2n) is 10.1. The van der Waals surface area contributed by atoms with E-state index in [1.165, 1.54) is 30.5 Å².